The zero-order valence-electron chi connectivity index (χ0n) is 9.99. The van der Waals surface area contributed by atoms with E-state index in [-0.39, 0.29) is 12.2 Å². The number of ether oxygens (including phenoxy) is 2. The van der Waals surface area contributed by atoms with E-state index in [9.17, 15) is 0 Å². The fraction of sp³-hybridized carbons (Fsp3) is 0.538. The van der Waals surface area contributed by atoms with Crippen LogP contribution in [-0.2, 0) is 9.47 Å². The minimum Gasteiger partial charge on any atom is -0.379 e. The maximum atomic E-state index is 6.07. The largest absolute Gasteiger partial charge is 0.379 e. The number of rotatable bonds is 5. The second kappa shape index (κ2) is 6.50. The smallest absolute Gasteiger partial charge is 0.0954 e. The molecule has 94 valence electrons. The van der Waals surface area contributed by atoms with Gasteiger partial charge in [-0.3, -0.25) is 0 Å². The molecular weight excluding hydrogens is 282 g/mol. The van der Waals surface area contributed by atoms with E-state index in [2.05, 4.69) is 33.4 Å². The van der Waals surface area contributed by atoms with Crippen LogP contribution >= 0.6 is 15.9 Å². The molecule has 2 rings (SSSR count). The first kappa shape index (κ1) is 13.0. The topological polar surface area (TPSA) is 30.5 Å². The Morgan fingerprint density at radius 3 is 2.82 bits per heavy atom. The van der Waals surface area contributed by atoms with E-state index in [4.69, 9.17) is 9.47 Å². The van der Waals surface area contributed by atoms with E-state index in [0.29, 0.717) is 0 Å². The molecule has 1 saturated heterocycles. The van der Waals surface area contributed by atoms with Gasteiger partial charge in [-0.15, -0.1) is 0 Å². The molecular formula is C13H18BrNO2. The standard InChI is InChI=1S/C13H18BrNO2/c1-15-8-13(17-12-6-7-16-9-12)10-2-4-11(14)5-3-10/h2-5,12-13,15H,6-9H2,1H3. The van der Waals surface area contributed by atoms with Gasteiger partial charge in [-0.05, 0) is 31.2 Å². The van der Waals surface area contributed by atoms with Gasteiger partial charge in [-0.1, -0.05) is 28.1 Å². The van der Waals surface area contributed by atoms with E-state index < -0.39 is 0 Å². The number of likely N-dealkylation sites (N-methyl/N-ethyl adjacent to an activating group) is 1. The van der Waals surface area contributed by atoms with Gasteiger partial charge >= 0.3 is 0 Å². The fourth-order valence-corrected chi connectivity index (χ4v) is 2.22. The molecule has 0 radical (unpaired) electrons. The number of hydrogen-bond donors (Lipinski definition) is 1. The highest BCUT2D eigenvalue weighted by atomic mass is 79.9. The van der Waals surface area contributed by atoms with Gasteiger partial charge in [0.1, 0.15) is 0 Å². The zero-order chi connectivity index (χ0) is 12.1. The normalized spacial score (nSPS) is 21.6. The van der Waals surface area contributed by atoms with Gasteiger partial charge in [-0.2, -0.15) is 0 Å². The molecule has 2 unspecified atom stereocenters. The fourth-order valence-electron chi connectivity index (χ4n) is 1.96. The number of nitrogens with one attached hydrogen (secondary N) is 1. The molecule has 0 aliphatic carbocycles. The lowest BCUT2D eigenvalue weighted by Gasteiger charge is -2.21. The van der Waals surface area contributed by atoms with Crippen LogP contribution in [0.4, 0.5) is 0 Å². The Hall–Kier alpha value is -0.420. The monoisotopic (exact) mass is 299 g/mol. The quantitative estimate of drug-likeness (QED) is 0.906. The first-order valence-electron chi connectivity index (χ1n) is 5.93. The first-order chi connectivity index (χ1) is 8.29. The maximum absolute atomic E-state index is 6.07. The Labute approximate surface area is 111 Å². The predicted molar refractivity (Wildman–Crippen MR) is 71.1 cm³/mol. The van der Waals surface area contributed by atoms with Crippen molar-refractivity contribution in [2.75, 3.05) is 26.8 Å². The molecule has 0 spiro atoms. The maximum Gasteiger partial charge on any atom is 0.0954 e. The Bertz CT molecular complexity index is 336. The summed E-state index contributed by atoms with van der Waals surface area (Å²) in [5.74, 6) is 0. The Kier molecular flexibility index (Phi) is 4.98. The minimum absolute atomic E-state index is 0.0970. The van der Waals surface area contributed by atoms with Crippen molar-refractivity contribution in [2.45, 2.75) is 18.6 Å². The van der Waals surface area contributed by atoms with Gasteiger partial charge in [0.15, 0.2) is 0 Å². The van der Waals surface area contributed by atoms with Gasteiger partial charge in [0, 0.05) is 17.6 Å². The lowest BCUT2D eigenvalue weighted by atomic mass is 10.1. The summed E-state index contributed by atoms with van der Waals surface area (Å²) in [5, 5.41) is 3.18. The van der Waals surface area contributed by atoms with Crippen LogP contribution in [0.15, 0.2) is 28.7 Å². The van der Waals surface area contributed by atoms with Crippen molar-refractivity contribution in [3.05, 3.63) is 34.3 Å². The summed E-state index contributed by atoms with van der Waals surface area (Å²) in [6, 6.07) is 8.29. The molecule has 1 aromatic rings. The average Bonchev–Trinajstić information content (AvgIpc) is 2.82. The van der Waals surface area contributed by atoms with Crippen molar-refractivity contribution in [2.24, 2.45) is 0 Å². The second-order valence-corrected chi connectivity index (χ2v) is 5.14. The third kappa shape index (κ3) is 3.78. The van der Waals surface area contributed by atoms with Gasteiger partial charge in [-0.25, -0.2) is 0 Å². The Balaban J connectivity index is 2.02. The lowest BCUT2D eigenvalue weighted by Crippen LogP contribution is -2.25. The highest BCUT2D eigenvalue weighted by Gasteiger charge is 2.21. The van der Waals surface area contributed by atoms with Crippen molar-refractivity contribution < 1.29 is 9.47 Å². The van der Waals surface area contributed by atoms with E-state index in [1.165, 1.54) is 5.56 Å². The van der Waals surface area contributed by atoms with Gasteiger partial charge in [0.2, 0.25) is 0 Å². The molecule has 3 nitrogen and oxygen atoms in total. The van der Waals surface area contributed by atoms with Crippen LogP contribution in [0, 0.1) is 0 Å². The highest BCUT2D eigenvalue weighted by Crippen LogP contribution is 2.23. The predicted octanol–water partition coefficient (Wildman–Crippen LogP) is 2.52. The van der Waals surface area contributed by atoms with Crippen LogP contribution in [0.2, 0.25) is 0 Å². The molecule has 17 heavy (non-hydrogen) atoms. The summed E-state index contributed by atoms with van der Waals surface area (Å²) in [6.07, 6.45) is 1.33. The Morgan fingerprint density at radius 2 is 2.24 bits per heavy atom. The molecule has 4 heteroatoms. The summed E-state index contributed by atoms with van der Waals surface area (Å²) >= 11 is 3.45. The first-order valence-corrected chi connectivity index (χ1v) is 6.72. The summed E-state index contributed by atoms with van der Waals surface area (Å²) < 4.78 is 12.5. The van der Waals surface area contributed by atoms with Crippen molar-refractivity contribution in [3.8, 4) is 0 Å². The third-order valence-electron chi connectivity index (χ3n) is 2.88. The van der Waals surface area contributed by atoms with Crippen molar-refractivity contribution in [1.82, 2.24) is 5.32 Å². The minimum atomic E-state index is 0.0970. The van der Waals surface area contributed by atoms with Gasteiger partial charge < -0.3 is 14.8 Å². The van der Waals surface area contributed by atoms with E-state index >= 15 is 0 Å². The lowest BCUT2D eigenvalue weighted by molar-refractivity contribution is -0.0156. The molecule has 1 heterocycles. The molecule has 1 aromatic carbocycles. The van der Waals surface area contributed by atoms with E-state index in [1.54, 1.807) is 0 Å². The summed E-state index contributed by atoms with van der Waals surface area (Å²) in [6.45, 7) is 2.35. The number of hydrogen-bond acceptors (Lipinski definition) is 3. The molecule has 1 aliphatic rings. The molecule has 1 fully saturated rings. The number of halogens is 1. The van der Waals surface area contributed by atoms with Gasteiger partial charge in [0.25, 0.3) is 0 Å². The summed E-state index contributed by atoms with van der Waals surface area (Å²) in [7, 11) is 1.94. The average molecular weight is 300 g/mol. The van der Waals surface area contributed by atoms with Crippen LogP contribution in [0.3, 0.4) is 0 Å². The molecule has 1 aliphatic heterocycles. The third-order valence-corrected chi connectivity index (χ3v) is 3.40. The van der Waals surface area contributed by atoms with Gasteiger partial charge in [0.05, 0.1) is 18.8 Å². The second-order valence-electron chi connectivity index (χ2n) is 4.22. The number of benzene rings is 1. The molecule has 2 atom stereocenters. The van der Waals surface area contributed by atoms with Crippen LogP contribution < -0.4 is 5.32 Å². The molecule has 0 bridgehead atoms. The van der Waals surface area contributed by atoms with E-state index in [0.717, 1.165) is 30.7 Å². The SMILES string of the molecule is CNCC(OC1CCOC1)c1ccc(Br)cc1. The molecule has 0 amide bonds. The zero-order valence-corrected chi connectivity index (χ0v) is 11.6. The van der Waals surface area contributed by atoms with Crippen LogP contribution in [-0.4, -0.2) is 32.9 Å². The molecule has 1 N–H and O–H groups in total. The van der Waals surface area contributed by atoms with Crippen LogP contribution in [0.5, 0.6) is 0 Å². The highest BCUT2D eigenvalue weighted by molar-refractivity contribution is 9.10. The van der Waals surface area contributed by atoms with Crippen LogP contribution in [0.25, 0.3) is 0 Å². The molecule has 0 aromatic heterocycles. The Morgan fingerprint density at radius 1 is 1.47 bits per heavy atom. The van der Waals surface area contributed by atoms with Crippen molar-refractivity contribution in [3.63, 3.8) is 0 Å². The van der Waals surface area contributed by atoms with Crippen molar-refractivity contribution in [1.29, 1.82) is 0 Å². The van der Waals surface area contributed by atoms with Crippen molar-refractivity contribution >= 4 is 15.9 Å². The van der Waals surface area contributed by atoms with Crippen LogP contribution in [0.1, 0.15) is 18.1 Å². The molecule has 0 saturated carbocycles. The summed E-state index contributed by atoms with van der Waals surface area (Å²) in [4.78, 5) is 0. The van der Waals surface area contributed by atoms with E-state index in [1.807, 2.05) is 19.2 Å². The summed E-state index contributed by atoms with van der Waals surface area (Å²) in [5.41, 5.74) is 1.20.